The minimum atomic E-state index is -0.0709. The summed E-state index contributed by atoms with van der Waals surface area (Å²) in [6.45, 7) is -0.0709. The third-order valence-electron chi connectivity index (χ3n) is 11.4. The Hall–Kier alpha value is -6.78. The van der Waals surface area contributed by atoms with Gasteiger partial charge in [0.05, 0.1) is 5.69 Å². The molecule has 8 aromatic carbocycles. The van der Waals surface area contributed by atoms with Gasteiger partial charge in [0.15, 0.2) is 5.58 Å². The minimum Gasteiger partial charge on any atom is -0.454 e. The molecule has 0 fully saturated rings. The fourth-order valence-corrected chi connectivity index (χ4v) is 9.15. The van der Waals surface area contributed by atoms with E-state index in [0.29, 0.717) is 0 Å². The summed E-state index contributed by atoms with van der Waals surface area (Å²) in [4.78, 5) is 2.47. The summed E-state index contributed by atoms with van der Waals surface area (Å²) in [5.74, 6) is 0. The van der Waals surface area contributed by atoms with Crippen molar-refractivity contribution in [1.82, 2.24) is 4.48 Å². The van der Waals surface area contributed by atoms with Crippen LogP contribution in [0.5, 0.6) is 0 Å². The van der Waals surface area contributed by atoms with Crippen molar-refractivity contribution >= 4 is 78.6 Å². The Bertz CT molecular complexity index is 3070. The van der Waals surface area contributed by atoms with Crippen LogP contribution in [0, 0.1) is 0 Å². The Kier molecular flexibility index (Phi) is 5.58. The molecule has 2 aliphatic rings. The van der Waals surface area contributed by atoms with E-state index in [1.165, 1.54) is 66.1 Å². The Balaban J connectivity index is 1.24. The summed E-state index contributed by atoms with van der Waals surface area (Å²) in [6.07, 6.45) is 0. The van der Waals surface area contributed by atoms with Gasteiger partial charge < -0.3 is 13.8 Å². The topological polar surface area (TPSA) is 21.3 Å². The Morgan fingerprint density at radius 1 is 0.462 bits per heavy atom. The van der Waals surface area contributed by atoms with Crippen LogP contribution < -0.4 is 15.8 Å². The van der Waals surface area contributed by atoms with Gasteiger partial charge in [-0.05, 0) is 75.1 Å². The molecule has 0 spiro atoms. The molecule has 0 bridgehead atoms. The lowest BCUT2D eigenvalue weighted by molar-refractivity contribution is 0.669. The smallest absolute Gasteiger partial charge is 0.333 e. The van der Waals surface area contributed by atoms with Gasteiger partial charge in [0, 0.05) is 49.5 Å². The van der Waals surface area contributed by atoms with Crippen molar-refractivity contribution in [3.05, 3.63) is 176 Å². The van der Waals surface area contributed by atoms with Crippen molar-refractivity contribution in [2.24, 2.45) is 0 Å². The molecule has 52 heavy (non-hydrogen) atoms. The lowest BCUT2D eigenvalue weighted by atomic mass is 9.45. The second kappa shape index (κ2) is 10.4. The zero-order chi connectivity index (χ0) is 33.9. The summed E-state index contributed by atoms with van der Waals surface area (Å²) < 4.78 is 9.57. The van der Waals surface area contributed by atoms with Crippen molar-refractivity contribution in [2.75, 3.05) is 4.90 Å². The van der Waals surface area contributed by atoms with Crippen molar-refractivity contribution < 1.29 is 4.42 Å². The van der Waals surface area contributed by atoms with Crippen LogP contribution in [0.15, 0.2) is 180 Å². The summed E-state index contributed by atoms with van der Waals surface area (Å²) in [5, 5.41) is 4.84. The predicted molar refractivity (Wildman–Crippen MR) is 218 cm³/mol. The maximum absolute atomic E-state index is 6.95. The van der Waals surface area contributed by atoms with Crippen molar-refractivity contribution in [3.8, 4) is 33.4 Å². The zero-order valence-corrected chi connectivity index (χ0v) is 28.1. The van der Waals surface area contributed by atoms with E-state index in [9.17, 15) is 0 Å². The van der Waals surface area contributed by atoms with Crippen LogP contribution in [0.3, 0.4) is 0 Å². The molecule has 10 aromatic rings. The van der Waals surface area contributed by atoms with Gasteiger partial charge in [-0.15, -0.1) is 0 Å². The number of hydrogen-bond donors (Lipinski definition) is 0. The maximum atomic E-state index is 6.95. The third kappa shape index (κ3) is 3.71. The second-order valence-corrected chi connectivity index (χ2v) is 14.0. The normalized spacial score (nSPS) is 12.9. The van der Waals surface area contributed by atoms with Gasteiger partial charge in [0.25, 0.3) is 0 Å². The molecule has 2 aromatic heterocycles. The molecule has 2 aliphatic heterocycles. The van der Waals surface area contributed by atoms with E-state index < -0.39 is 0 Å². The molecule has 0 aliphatic carbocycles. The van der Waals surface area contributed by atoms with Gasteiger partial charge in [-0.2, -0.15) is 0 Å². The number of para-hydroxylation sites is 3. The quantitative estimate of drug-likeness (QED) is 0.176. The van der Waals surface area contributed by atoms with E-state index in [2.05, 4.69) is 185 Å². The molecule has 0 atom stereocenters. The summed E-state index contributed by atoms with van der Waals surface area (Å²) in [6, 6.07) is 64.1. The highest BCUT2D eigenvalue weighted by molar-refractivity contribution is 6.90. The number of rotatable bonds is 3. The average molecular weight is 661 g/mol. The molecule has 0 amide bonds. The minimum absolute atomic E-state index is 0.0709. The van der Waals surface area contributed by atoms with E-state index in [1.54, 1.807) is 0 Å². The summed E-state index contributed by atoms with van der Waals surface area (Å²) in [7, 11) is 0. The van der Waals surface area contributed by atoms with E-state index in [-0.39, 0.29) is 6.85 Å². The molecule has 4 heterocycles. The number of benzene rings is 8. The largest absolute Gasteiger partial charge is 0.454 e. The molecule has 0 unspecified atom stereocenters. The highest BCUT2D eigenvalue weighted by atomic mass is 16.3. The van der Waals surface area contributed by atoms with Gasteiger partial charge in [-0.25, -0.2) is 0 Å². The van der Waals surface area contributed by atoms with Crippen LogP contribution in [0.25, 0.3) is 77.1 Å². The van der Waals surface area contributed by atoms with Crippen LogP contribution in [0.4, 0.5) is 17.1 Å². The fraction of sp³-hybridized carbons (Fsp3) is 0. The number of fused-ring (bicyclic) bond motifs is 11. The first-order valence-corrected chi connectivity index (χ1v) is 18.0. The highest BCUT2D eigenvalue weighted by Gasteiger charge is 2.44. The number of hydrogen-bond acceptors (Lipinski definition) is 2. The highest BCUT2D eigenvalue weighted by Crippen LogP contribution is 2.49. The van der Waals surface area contributed by atoms with E-state index >= 15 is 0 Å². The molecule has 4 heteroatoms. The van der Waals surface area contributed by atoms with Crippen LogP contribution in [-0.4, -0.2) is 11.3 Å². The molecule has 0 saturated carbocycles. The Labute approximate surface area is 300 Å². The van der Waals surface area contributed by atoms with Gasteiger partial charge in [-0.1, -0.05) is 140 Å². The van der Waals surface area contributed by atoms with Crippen LogP contribution >= 0.6 is 0 Å². The number of nitrogens with zero attached hydrogens (tertiary/aromatic N) is 2. The van der Waals surface area contributed by atoms with E-state index in [0.717, 1.165) is 39.0 Å². The summed E-state index contributed by atoms with van der Waals surface area (Å²) in [5.41, 5.74) is 17.6. The van der Waals surface area contributed by atoms with Crippen LogP contribution in [0.2, 0.25) is 0 Å². The lowest BCUT2D eigenvalue weighted by Gasteiger charge is -2.40. The van der Waals surface area contributed by atoms with Gasteiger partial charge in [0.1, 0.15) is 5.58 Å². The first kappa shape index (κ1) is 28.0. The molecule has 3 nitrogen and oxygen atoms in total. The van der Waals surface area contributed by atoms with Crippen molar-refractivity contribution in [2.45, 2.75) is 0 Å². The fourth-order valence-electron chi connectivity index (χ4n) is 9.15. The SMILES string of the molecule is c1ccc(-c2ccc(N3c4ccc(-c5ccccc5)cc4B4c5c(cc6c(oc7ccccc76)c53)-c3cccc5c6ccccc6n4c35)cc2)cc1. The number of furan rings is 1. The van der Waals surface area contributed by atoms with Gasteiger partial charge in [0.2, 0.25) is 0 Å². The first-order valence-electron chi connectivity index (χ1n) is 18.0. The maximum Gasteiger partial charge on any atom is 0.333 e. The molecule has 0 radical (unpaired) electrons. The molecular formula is C48H29BN2O. The lowest BCUT2D eigenvalue weighted by Crippen LogP contribution is -2.56. The molecule has 12 rings (SSSR count). The van der Waals surface area contributed by atoms with Crippen molar-refractivity contribution in [1.29, 1.82) is 0 Å². The molecular weight excluding hydrogens is 631 g/mol. The van der Waals surface area contributed by atoms with Gasteiger partial charge in [-0.3, -0.25) is 0 Å². The van der Waals surface area contributed by atoms with Gasteiger partial charge >= 0.3 is 6.85 Å². The standard InChI is InChI=1S/C48H29BN2O/c1-3-12-30(13-4-1)32-22-25-34(26-23-32)50-43-27-24-33(31-14-5-2-6-15-31)28-41(43)49-45-39(29-40-36-17-8-10-21-44(36)52-48(40)47(45)50)38-19-11-18-37-35-16-7-9-20-42(35)51(49)46(37)38/h1-29H. The van der Waals surface area contributed by atoms with Crippen LogP contribution in [-0.2, 0) is 0 Å². The first-order chi connectivity index (χ1) is 25.8. The predicted octanol–water partition coefficient (Wildman–Crippen LogP) is 11.4. The summed E-state index contributed by atoms with van der Waals surface area (Å²) >= 11 is 0. The van der Waals surface area contributed by atoms with Crippen LogP contribution in [0.1, 0.15) is 0 Å². The third-order valence-corrected chi connectivity index (χ3v) is 11.4. The molecule has 0 N–H and O–H groups in total. The van der Waals surface area contributed by atoms with E-state index in [4.69, 9.17) is 4.42 Å². The number of anilines is 3. The Morgan fingerprint density at radius 3 is 1.92 bits per heavy atom. The zero-order valence-electron chi connectivity index (χ0n) is 28.1. The van der Waals surface area contributed by atoms with Crippen molar-refractivity contribution in [3.63, 3.8) is 0 Å². The van der Waals surface area contributed by atoms with E-state index in [1.807, 2.05) is 0 Å². The second-order valence-electron chi connectivity index (χ2n) is 14.0. The Morgan fingerprint density at radius 2 is 1.12 bits per heavy atom. The average Bonchev–Trinajstić information content (AvgIpc) is 3.76. The molecule has 240 valence electrons. The molecule has 0 saturated heterocycles. The monoisotopic (exact) mass is 660 g/mol. The number of aromatic nitrogens is 1.